The van der Waals surface area contributed by atoms with Crippen LogP contribution in [0.3, 0.4) is 0 Å². The average molecular weight is 163 g/mol. The predicted molar refractivity (Wildman–Crippen MR) is 46.6 cm³/mol. The van der Waals surface area contributed by atoms with Crippen molar-refractivity contribution in [3.63, 3.8) is 0 Å². The Morgan fingerprint density at radius 1 is 1.33 bits per heavy atom. The van der Waals surface area contributed by atoms with Crippen molar-refractivity contribution in [2.24, 2.45) is 5.73 Å². The van der Waals surface area contributed by atoms with Crippen LogP contribution in [0.25, 0.3) is 6.08 Å². The summed E-state index contributed by atoms with van der Waals surface area (Å²) in [6, 6.07) is 6.48. The standard InChI is InChI=1S/C9H9NO2/c10-6-5-7-1-3-8(4-2-7)9(11)12/h1-6H,10H2,(H,11,12)/b6-5+. The Hall–Kier alpha value is -1.77. The first kappa shape index (κ1) is 8.33. The summed E-state index contributed by atoms with van der Waals surface area (Å²) in [6.45, 7) is 0. The zero-order chi connectivity index (χ0) is 8.97. The van der Waals surface area contributed by atoms with Crippen molar-refractivity contribution >= 4 is 12.0 Å². The number of hydrogen-bond acceptors (Lipinski definition) is 2. The minimum atomic E-state index is -0.918. The third-order valence-corrected chi connectivity index (χ3v) is 1.45. The van der Waals surface area contributed by atoms with Gasteiger partial charge < -0.3 is 10.8 Å². The number of benzene rings is 1. The highest BCUT2D eigenvalue weighted by atomic mass is 16.4. The molecule has 0 unspecified atom stereocenters. The molecule has 0 radical (unpaired) electrons. The van der Waals surface area contributed by atoms with E-state index in [1.54, 1.807) is 18.2 Å². The van der Waals surface area contributed by atoms with Gasteiger partial charge in [-0.15, -0.1) is 0 Å². The van der Waals surface area contributed by atoms with Crippen LogP contribution in [0.15, 0.2) is 30.5 Å². The Labute approximate surface area is 70.1 Å². The Morgan fingerprint density at radius 3 is 2.33 bits per heavy atom. The van der Waals surface area contributed by atoms with Crippen molar-refractivity contribution in [3.8, 4) is 0 Å². The van der Waals surface area contributed by atoms with Gasteiger partial charge in [-0.05, 0) is 30.0 Å². The van der Waals surface area contributed by atoms with Crippen molar-refractivity contribution < 1.29 is 9.90 Å². The molecule has 1 aromatic rings. The molecule has 3 N–H and O–H groups in total. The van der Waals surface area contributed by atoms with Crippen LogP contribution in [0.5, 0.6) is 0 Å². The summed E-state index contributed by atoms with van der Waals surface area (Å²) in [7, 11) is 0. The Balaban J connectivity index is 2.93. The molecule has 3 heteroatoms. The zero-order valence-electron chi connectivity index (χ0n) is 6.40. The Kier molecular flexibility index (Phi) is 2.48. The Bertz CT molecular complexity index is 301. The summed E-state index contributed by atoms with van der Waals surface area (Å²) in [6.07, 6.45) is 3.11. The van der Waals surface area contributed by atoms with Gasteiger partial charge in [-0.25, -0.2) is 4.79 Å². The average Bonchev–Trinajstić information content (AvgIpc) is 2.06. The lowest BCUT2D eigenvalue weighted by molar-refractivity contribution is 0.0697. The van der Waals surface area contributed by atoms with Gasteiger partial charge in [0, 0.05) is 0 Å². The van der Waals surface area contributed by atoms with E-state index in [0.717, 1.165) is 5.56 Å². The number of carbonyl (C=O) groups is 1. The fraction of sp³-hybridized carbons (Fsp3) is 0. The number of hydrogen-bond donors (Lipinski definition) is 2. The quantitative estimate of drug-likeness (QED) is 0.691. The minimum Gasteiger partial charge on any atom is -0.478 e. The molecule has 1 aromatic carbocycles. The first-order valence-corrected chi connectivity index (χ1v) is 3.45. The smallest absolute Gasteiger partial charge is 0.335 e. The van der Waals surface area contributed by atoms with Crippen molar-refractivity contribution in [2.45, 2.75) is 0 Å². The van der Waals surface area contributed by atoms with Crippen LogP contribution in [-0.4, -0.2) is 11.1 Å². The van der Waals surface area contributed by atoms with Crippen molar-refractivity contribution in [1.29, 1.82) is 0 Å². The molecule has 0 atom stereocenters. The summed E-state index contributed by atoms with van der Waals surface area (Å²) in [5, 5.41) is 8.56. The van der Waals surface area contributed by atoms with Crippen LogP contribution in [0.1, 0.15) is 15.9 Å². The third-order valence-electron chi connectivity index (χ3n) is 1.45. The van der Waals surface area contributed by atoms with E-state index in [-0.39, 0.29) is 5.56 Å². The van der Waals surface area contributed by atoms with Gasteiger partial charge in [0.25, 0.3) is 0 Å². The van der Waals surface area contributed by atoms with Gasteiger partial charge in [-0.2, -0.15) is 0 Å². The summed E-state index contributed by atoms with van der Waals surface area (Å²) in [5.74, 6) is -0.918. The molecule has 12 heavy (non-hydrogen) atoms. The van der Waals surface area contributed by atoms with E-state index in [1.807, 2.05) is 0 Å². The summed E-state index contributed by atoms with van der Waals surface area (Å²) in [4.78, 5) is 10.4. The van der Waals surface area contributed by atoms with Crippen LogP contribution in [0, 0.1) is 0 Å². The predicted octanol–water partition coefficient (Wildman–Crippen LogP) is 1.31. The molecule has 0 aliphatic heterocycles. The number of aromatic carboxylic acids is 1. The van der Waals surface area contributed by atoms with Crippen molar-refractivity contribution in [3.05, 3.63) is 41.6 Å². The molecule has 0 aliphatic carbocycles. The SMILES string of the molecule is N/C=C/c1ccc(C(=O)O)cc1. The molecule has 0 fully saturated rings. The van der Waals surface area contributed by atoms with Crippen LogP contribution in [0.2, 0.25) is 0 Å². The highest BCUT2D eigenvalue weighted by molar-refractivity contribution is 5.87. The maximum absolute atomic E-state index is 10.4. The molecule has 0 aromatic heterocycles. The molecule has 0 spiro atoms. The highest BCUT2D eigenvalue weighted by Crippen LogP contribution is 2.05. The molecular formula is C9H9NO2. The molecule has 62 valence electrons. The highest BCUT2D eigenvalue weighted by Gasteiger charge is 1.99. The van der Waals surface area contributed by atoms with Gasteiger partial charge >= 0.3 is 5.97 Å². The van der Waals surface area contributed by atoms with E-state index in [2.05, 4.69) is 0 Å². The molecule has 0 heterocycles. The number of nitrogens with two attached hydrogens (primary N) is 1. The molecule has 0 saturated heterocycles. The largest absolute Gasteiger partial charge is 0.478 e. The van der Waals surface area contributed by atoms with E-state index < -0.39 is 5.97 Å². The van der Waals surface area contributed by atoms with Gasteiger partial charge in [0.2, 0.25) is 0 Å². The molecule has 3 nitrogen and oxygen atoms in total. The molecule has 0 amide bonds. The zero-order valence-corrected chi connectivity index (χ0v) is 6.40. The van der Waals surface area contributed by atoms with Crippen LogP contribution >= 0.6 is 0 Å². The fourth-order valence-corrected chi connectivity index (χ4v) is 0.848. The first-order valence-electron chi connectivity index (χ1n) is 3.45. The summed E-state index contributed by atoms with van der Waals surface area (Å²) in [5.41, 5.74) is 6.33. The van der Waals surface area contributed by atoms with Crippen LogP contribution in [0.4, 0.5) is 0 Å². The fourth-order valence-electron chi connectivity index (χ4n) is 0.848. The van der Waals surface area contributed by atoms with Crippen LogP contribution in [-0.2, 0) is 0 Å². The topological polar surface area (TPSA) is 63.3 Å². The van der Waals surface area contributed by atoms with E-state index in [4.69, 9.17) is 10.8 Å². The molecule has 0 saturated carbocycles. The van der Waals surface area contributed by atoms with Gasteiger partial charge in [0.05, 0.1) is 5.56 Å². The summed E-state index contributed by atoms with van der Waals surface area (Å²) >= 11 is 0. The number of rotatable bonds is 2. The number of carboxylic acids is 1. The normalized spacial score (nSPS) is 10.3. The minimum absolute atomic E-state index is 0.282. The number of carboxylic acid groups (broad SMARTS) is 1. The van der Waals surface area contributed by atoms with Crippen molar-refractivity contribution in [2.75, 3.05) is 0 Å². The van der Waals surface area contributed by atoms with Gasteiger partial charge in [0.1, 0.15) is 0 Å². The van der Waals surface area contributed by atoms with E-state index in [0.29, 0.717) is 0 Å². The van der Waals surface area contributed by atoms with Gasteiger partial charge in [0.15, 0.2) is 0 Å². The maximum Gasteiger partial charge on any atom is 0.335 e. The molecule has 1 rings (SSSR count). The second-order valence-corrected chi connectivity index (χ2v) is 2.29. The lowest BCUT2D eigenvalue weighted by Crippen LogP contribution is -1.94. The third kappa shape index (κ3) is 1.85. The second-order valence-electron chi connectivity index (χ2n) is 2.29. The first-order chi connectivity index (χ1) is 5.74. The lowest BCUT2D eigenvalue weighted by Gasteiger charge is -1.94. The second kappa shape index (κ2) is 3.57. The van der Waals surface area contributed by atoms with E-state index in [9.17, 15) is 4.79 Å². The van der Waals surface area contributed by atoms with Crippen molar-refractivity contribution in [1.82, 2.24) is 0 Å². The molecular weight excluding hydrogens is 154 g/mol. The van der Waals surface area contributed by atoms with E-state index >= 15 is 0 Å². The lowest BCUT2D eigenvalue weighted by atomic mass is 10.1. The molecule has 0 aliphatic rings. The monoisotopic (exact) mass is 163 g/mol. The van der Waals surface area contributed by atoms with Crippen LogP contribution < -0.4 is 5.73 Å². The summed E-state index contributed by atoms with van der Waals surface area (Å²) < 4.78 is 0. The van der Waals surface area contributed by atoms with Gasteiger partial charge in [-0.3, -0.25) is 0 Å². The Morgan fingerprint density at radius 2 is 1.92 bits per heavy atom. The van der Waals surface area contributed by atoms with Gasteiger partial charge in [-0.1, -0.05) is 12.1 Å². The molecule has 0 bridgehead atoms. The van der Waals surface area contributed by atoms with E-state index in [1.165, 1.54) is 18.3 Å². The maximum atomic E-state index is 10.4.